The first-order valence-corrected chi connectivity index (χ1v) is 7.98. The molecule has 3 rings (SSSR count). The van der Waals surface area contributed by atoms with Crippen LogP contribution in [-0.4, -0.2) is 64.7 Å². The molecule has 0 spiro atoms. The van der Waals surface area contributed by atoms with Crippen molar-refractivity contribution in [3.05, 3.63) is 12.4 Å². The van der Waals surface area contributed by atoms with E-state index in [0.717, 1.165) is 6.54 Å². The van der Waals surface area contributed by atoms with Crippen molar-refractivity contribution in [2.24, 2.45) is 5.10 Å². The minimum Gasteiger partial charge on any atom is -0.482 e. The van der Waals surface area contributed by atoms with E-state index >= 15 is 0 Å². The van der Waals surface area contributed by atoms with Gasteiger partial charge in [-0.2, -0.15) is 10.2 Å². The highest BCUT2D eigenvalue weighted by Gasteiger charge is 2.33. The Morgan fingerprint density at radius 3 is 3.00 bits per heavy atom. The summed E-state index contributed by atoms with van der Waals surface area (Å²) in [6.45, 7) is 3.52. The number of aromatic nitrogens is 2. The second kappa shape index (κ2) is 7.00. The summed E-state index contributed by atoms with van der Waals surface area (Å²) in [6, 6.07) is -0.270. The van der Waals surface area contributed by atoms with Gasteiger partial charge in [-0.05, 0) is 6.92 Å². The molecule has 1 saturated heterocycles. The minimum absolute atomic E-state index is 0.0927. The quantitative estimate of drug-likeness (QED) is 0.802. The van der Waals surface area contributed by atoms with Gasteiger partial charge in [-0.25, -0.2) is 5.01 Å². The van der Waals surface area contributed by atoms with E-state index < -0.39 is 0 Å². The van der Waals surface area contributed by atoms with Gasteiger partial charge in [0, 0.05) is 26.4 Å². The van der Waals surface area contributed by atoms with Gasteiger partial charge in [0.25, 0.3) is 5.91 Å². The molecule has 0 saturated carbocycles. The van der Waals surface area contributed by atoms with E-state index in [4.69, 9.17) is 9.47 Å². The van der Waals surface area contributed by atoms with Crippen LogP contribution >= 0.6 is 0 Å². The van der Waals surface area contributed by atoms with Crippen LogP contribution in [0.3, 0.4) is 0 Å². The van der Waals surface area contributed by atoms with Crippen molar-refractivity contribution in [1.82, 2.24) is 20.1 Å². The molecule has 2 amide bonds. The van der Waals surface area contributed by atoms with Gasteiger partial charge in [-0.3, -0.25) is 14.3 Å². The van der Waals surface area contributed by atoms with Crippen LogP contribution in [0.25, 0.3) is 0 Å². The topological polar surface area (TPSA) is 98.0 Å². The maximum Gasteiger partial charge on any atom is 0.267 e. The second-order valence-electron chi connectivity index (χ2n) is 5.77. The molecule has 0 aliphatic carbocycles. The molecule has 130 valence electrons. The molecule has 1 aromatic rings. The maximum atomic E-state index is 12.3. The molecule has 9 nitrogen and oxygen atoms in total. The highest BCUT2D eigenvalue weighted by Crippen LogP contribution is 2.17. The summed E-state index contributed by atoms with van der Waals surface area (Å²) in [5, 5.41) is 12.3. The SMILES string of the molecule is CCn1cc(O[C@@H]2COC[C@@H]2NC(=O)C2=NN(C)C(=O)CC2)cn1. The third kappa shape index (κ3) is 3.56. The number of nitrogens with zero attached hydrogens (tertiary/aromatic N) is 4. The molecular formula is C15H21N5O4. The van der Waals surface area contributed by atoms with E-state index in [2.05, 4.69) is 15.5 Å². The van der Waals surface area contributed by atoms with E-state index in [1.165, 1.54) is 5.01 Å². The number of carbonyl (C=O) groups excluding carboxylic acids is 2. The van der Waals surface area contributed by atoms with E-state index in [1.807, 2.05) is 13.1 Å². The largest absolute Gasteiger partial charge is 0.482 e. The van der Waals surface area contributed by atoms with Gasteiger partial charge in [-0.15, -0.1) is 0 Å². The zero-order valence-corrected chi connectivity index (χ0v) is 13.8. The Balaban J connectivity index is 1.60. The standard InChI is InChI=1S/C15H21N5O4/c1-3-20-7-10(6-16-20)24-13-9-23-8-12(13)17-15(22)11-4-5-14(21)19(2)18-11/h6-7,12-13H,3-5,8-9H2,1-2H3,(H,17,22)/t12-,13+/m0/s1. The molecule has 9 heteroatoms. The molecular weight excluding hydrogens is 314 g/mol. The number of hydrogen-bond acceptors (Lipinski definition) is 6. The number of aryl methyl sites for hydroxylation is 1. The van der Waals surface area contributed by atoms with Crippen LogP contribution < -0.4 is 10.1 Å². The predicted molar refractivity (Wildman–Crippen MR) is 84.5 cm³/mol. The zero-order chi connectivity index (χ0) is 17.1. The number of hydrazone groups is 1. The van der Waals surface area contributed by atoms with Crippen LogP contribution in [0.4, 0.5) is 0 Å². The molecule has 2 aliphatic heterocycles. The molecule has 0 radical (unpaired) electrons. The fourth-order valence-electron chi connectivity index (χ4n) is 2.62. The van der Waals surface area contributed by atoms with Crippen molar-refractivity contribution in [3.63, 3.8) is 0 Å². The minimum atomic E-state index is -0.289. The van der Waals surface area contributed by atoms with E-state index in [9.17, 15) is 9.59 Å². The average molecular weight is 335 g/mol. The number of rotatable bonds is 5. The maximum absolute atomic E-state index is 12.3. The van der Waals surface area contributed by atoms with Gasteiger partial charge in [0.05, 0.1) is 31.6 Å². The molecule has 1 fully saturated rings. The van der Waals surface area contributed by atoms with Gasteiger partial charge in [0.15, 0.2) is 5.75 Å². The fourth-order valence-corrected chi connectivity index (χ4v) is 2.62. The predicted octanol–water partition coefficient (Wildman–Crippen LogP) is -0.226. The fraction of sp³-hybridized carbons (Fsp3) is 0.600. The molecule has 3 heterocycles. The number of ether oxygens (including phenoxy) is 2. The summed E-state index contributed by atoms with van der Waals surface area (Å²) in [5.41, 5.74) is 0.349. The Morgan fingerprint density at radius 1 is 1.46 bits per heavy atom. The smallest absolute Gasteiger partial charge is 0.267 e. The average Bonchev–Trinajstić information content (AvgIpc) is 3.20. The molecule has 1 aromatic heterocycles. The molecule has 2 atom stereocenters. The van der Waals surface area contributed by atoms with Crippen molar-refractivity contribution >= 4 is 17.5 Å². The van der Waals surface area contributed by atoms with Crippen molar-refractivity contribution < 1.29 is 19.1 Å². The highest BCUT2D eigenvalue weighted by molar-refractivity contribution is 6.39. The summed E-state index contributed by atoms with van der Waals surface area (Å²) in [7, 11) is 1.55. The van der Waals surface area contributed by atoms with Gasteiger partial charge >= 0.3 is 0 Å². The van der Waals surface area contributed by atoms with Gasteiger partial charge < -0.3 is 14.8 Å². The number of amides is 2. The van der Waals surface area contributed by atoms with Crippen molar-refractivity contribution in [1.29, 1.82) is 0 Å². The zero-order valence-electron chi connectivity index (χ0n) is 13.8. The Labute approximate surface area is 139 Å². The molecule has 2 aliphatic rings. The molecule has 24 heavy (non-hydrogen) atoms. The number of nitrogens with one attached hydrogen (secondary N) is 1. The number of hydrogen-bond donors (Lipinski definition) is 1. The molecule has 0 aromatic carbocycles. The first-order chi connectivity index (χ1) is 11.6. The van der Waals surface area contributed by atoms with Crippen LogP contribution in [0.2, 0.25) is 0 Å². The Kier molecular flexibility index (Phi) is 4.79. The molecule has 0 bridgehead atoms. The summed E-state index contributed by atoms with van der Waals surface area (Å²) >= 11 is 0. The normalized spacial score (nSPS) is 24.0. The Bertz CT molecular complexity index is 656. The Morgan fingerprint density at radius 2 is 2.29 bits per heavy atom. The summed E-state index contributed by atoms with van der Waals surface area (Å²) in [5.74, 6) is 0.263. The van der Waals surface area contributed by atoms with E-state index in [1.54, 1.807) is 17.9 Å². The molecule has 0 unspecified atom stereocenters. The summed E-state index contributed by atoms with van der Waals surface area (Å²) in [4.78, 5) is 23.8. The van der Waals surface area contributed by atoms with Crippen LogP contribution in [0, 0.1) is 0 Å². The first-order valence-electron chi connectivity index (χ1n) is 7.98. The second-order valence-corrected chi connectivity index (χ2v) is 5.77. The lowest BCUT2D eigenvalue weighted by atomic mass is 10.1. The lowest BCUT2D eigenvalue weighted by Gasteiger charge is -2.22. The van der Waals surface area contributed by atoms with Crippen LogP contribution in [0.1, 0.15) is 19.8 Å². The summed E-state index contributed by atoms with van der Waals surface area (Å²) in [6.07, 6.45) is 3.81. The summed E-state index contributed by atoms with van der Waals surface area (Å²) < 4.78 is 13.1. The third-order valence-corrected chi connectivity index (χ3v) is 4.04. The first kappa shape index (κ1) is 16.4. The van der Waals surface area contributed by atoms with E-state index in [0.29, 0.717) is 37.5 Å². The van der Waals surface area contributed by atoms with Gasteiger partial charge in [0.1, 0.15) is 11.8 Å². The Hall–Kier alpha value is -2.42. The van der Waals surface area contributed by atoms with Gasteiger partial charge in [-0.1, -0.05) is 0 Å². The van der Waals surface area contributed by atoms with Crippen molar-refractivity contribution in [2.75, 3.05) is 20.3 Å². The van der Waals surface area contributed by atoms with Crippen LogP contribution in [0.5, 0.6) is 5.75 Å². The lowest BCUT2D eigenvalue weighted by molar-refractivity contribution is -0.130. The van der Waals surface area contributed by atoms with Gasteiger partial charge in [0.2, 0.25) is 5.91 Å². The van der Waals surface area contributed by atoms with Crippen LogP contribution in [0.15, 0.2) is 17.5 Å². The highest BCUT2D eigenvalue weighted by atomic mass is 16.5. The van der Waals surface area contributed by atoms with Crippen molar-refractivity contribution in [3.8, 4) is 5.75 Å². The lowest BCUT2D eigenvalue weighted by Crippen LogP contribution is -2.48. The monoisotopic (exact) mass is 335 g/mol. The number of carbonyl (C=O) groups is 2. The molecule has 1 N–H and O–H groups in total. The third-order valence-electron chi connectivity index (χ3n) is 4.04. The van der Waals surface area contributed by atoms with Crippen molar-refractivity contribution in [2.45, 2.75) is 38.5 Å². The van der Waals surface area contributed by atoms with E-state index in [-0.39, 0.29) is 24.0 Å². The van der Waals surface area contributed by atoms with Crippen LogP contribution in [-0.2, 0) is 20.9 Å².